The standard InChI is InChI=1S/C23H28N4O5S/c28-20(29)8-5-15-13-24-22-21(15)18-12-17(6-7-19(18)25-23(22)30)33(31,32)27-11-3-4-16(27)14-26-9-1-2-10-26/h6-7,12-13,16,24H,1-5,8-11,14H2,(H,25,30)(H,28,29)/t16-/m0/s1. The number of aryl methyl sites for hydroxylation is 1. The summed E-state index contributed by atoms with van der Waals surface area (Å²) < 4.78 is 28.9. The molecule has 10 heteroatoms. The Morgan fingerprint density at radius 1 is 1.15 bits per heavy atom. The molecule has 0 unspecified atom stereocenters. The van der Waals surface area contributed by atoms with Crippen molar-refractivity contribution >= 4 is 37.8 Å². The number of sulfonamides is 1. The van der Waals surface area contributed by atoms with Gasteiger partial charge < -0.3 is 20.0 Å². The molecule has 1 aromatic carbocycles. The number of carboxylic acid groups (broad SMARTS) is 1. The summed E-state index contributed by atoms with van der Waals surface area (Å²) in [5, 5.41) is 10.3. The molecular weight excluding hydrogens is 444 g/mol. The smallest absolute Gasteiger partial charge is 0.303 e. The summed E-state index contributed by atoms with van der Waals surface area (Å²) in [7, 11) is -3.71. The van der Waals surface area contributed by atoms with E-state index >= 15 is 0 Å². The van der Waals surface area contributed by atoms with Crippen LogP contribution in [-0.4, -0.2) is 70.9 Å². The molecule has 2 aliphatic heterocycles. The fourth-order valence-corrected chi connectivity index (χ4v) is 6.99. The second-order valence-corrected chi connectivity index (χ2v) is 10.9. The molecule has 2 aliphatic rings. The molecule has 0 spiro atoms. The molecule has 0 aliphatic carbocycles. The lowest BCUT2D eigenvalue weighted by Gasteiger charge is -2.28. The number of likely N-dealkylation sites (tertiary alicyclic amines) is 1. The van der Waals surface area contributed by atoms with Gasteiger partial charge >= 0.3 is 5.97 Å². The fourth-order valence-electron chi connectivity index (χ4n) is 5.28. The second kappa shape index (κ2) is 8.58. The van der Waals surface area contributed by atoms with Crippen LogP contribution in [0.3, 0.4) is 0 Å². The molecule has 4 heterocycles. The number of aromatic nitrogens is 2. The molecule has 2 fully saturated rings. The van der Waals surface area contributed by atoms with E-state index < -0.39 is 16.0 Å². The highest BCUT2D eigenvalue weighted by Crippen LogP contribution is 2.31. The van der Waals surface area contributed by atoms with Crippen molar-refractivity contribution in [3.8, 4) is 0 Å². The summed E-state index contributed by atoms with van der Waals surface area (Å²) in [6.07, 6.45) is 5.84. The number of fused-ring (bicyclic) bond motifs is 3. The lowest BCUT2D eigenvalue weighted by atomic mass is 10.0. The van der Waals surface area contributed by atoms with Crippen LogP contribution in [0.2, 0.25) is 0 Å². The molecule has 9 nitrogen and oxygen atoms in total. The Bertz CT molecular complexity index is 1370. The molecule has 2 aromatic heterocycles. The molecule has 0 amide bonds. The third-order valence-electron chi connectivity index (χ3n) is 6.90. The van der Waals surface area contributed by atoms with Crippen LogP contribution in [-0.2, 0) is 21.2 Å². The number of hydrogen-bond acceptors (Lipinski definition) is 5. The summed E-state index contributed by atoms with van der Waals surface area (Å²) in [5.74, 6) is -0.931. The normalized spacial score (nSPS) is 20.3. The van der Waals surface area contributed by atoms with E-state index in [-0.39, 0.29) is 29.3 Å². The Labute approximate surface area is 191 Å². The van der Waals surface area contributed by atoms with Gasteiger partial charge in [-0.15, -0.1) is 0 Å². The summed E-state index contributed by atoms with van der Waals surface area (Å²) in [4.78, 5) is 31.9. The maximum absolute atomic E-state index is 13.7. The van der Waals surface area contributed by atoms with Gasteiger partial charge in [-0.25, -0.2) is 8.42 Å². The van der Waals surface area contributed by atoms with Gasteiger partial charge in [-0.05, 0) is 69.0 Å². The van der Waals surface area contributed by atoms with Gasteiger partial charge in [0.25, 0.3) is 5.56 Å². The molecule has 3 aromatic rings. The number of hydrogen-bond donors (Lipinski definition) is 3. The first-order valence-electron chi connectivity index (χ1n) is 11.5. The van der Waals surface area contributed by atoms with Crippen LogP contribution in [0, 0.1) is 0 Å². The number of benzene rings is 1. The minimum atomic E-state index is -3.71. The molecular formula is C23H28N4O5S. The SMILES string of the molecule is O=C(O)CCc1c[nH]c2c(=O)[nH]c3ccc(S(=O)(=O)N4CCC[C@H]4CN4CCCC4)cc3c12. The van der Waals surface area contributed by atoms with E-state index in [1.807, 2.05) is 0 Å². The highest BCUT2D eigenvalue weighted by Gasteiger charge is 2.36. The van der Waals surface area contributed by atoms with Crippen LogP contribution >= 0.6 is 0 Å². The first kappa shape index (κ1) is 22.1. The molecule has 176 valence electrons. The monoisotopic (exact) mass is 472 g/mol. The van der Waals surface area contributed by atoms with E-state index in [1.54, 1.807) is 28.7 Å². The molecule has 5 rings (SSSR count). The Hall–Kier alpha value is -2.69. The summed E-state index contributed by atoms with van der Waals surface area (Å²) in [5.41, 5.74) is 1.22. The number of aliphatic carboxylic acids is 1. The number of aromatic amines is 2. The Morgan fingerprint density at radius 3 is 2.70 bits per heavy atom. The number of carbonyl (C=O) groups is 1. The van der Waals surface area contributed by atoms with Crippen LogP contribution < -0.4 is 5.56 Å². The van der Waals surface area contributed by atoms with Crippen molar-refractivity contribution in [1.82, 2.24) is 19.2 Å². The first-order chi connectivity index (χ1) is 15.8. The van der Waals surface area contributed by atoms with E-state index in [1.165, 1.54) is 12.8 Å². The zero-order chi connectivity index (χ0) is 23.2. The van der Waals surface area contributed by atoms with E-state index in [9.17, 15) is 18.0 Å². The van der Waals surface area contributed by atoms with Crippen LogP contribution in [0.5, 0.6) is 0 Å². The summed E-state index contributed by atoms with van der Waals surface area (Å²) in [6.45, 7) is 3.33. The van der Waals surface area contributed by atoms with Crippen molar-refractivity contribution in [2.75, 3.05) is 26.2 Å². The Kier molecular flexibility index (Phi) is 5.75. The minimum absolute atomic E-state index is 0.0298. The number of pyridine rings is 1. The molecule has 3 N–H and O–H groups in total. The average molecular weight is 473 g/mol. The second-order valence-electron chi connectivity index (χ2n) is 9.04. The minimum Gasteiger partial charge on any atom is -0.481 e. The Balaban J connectivity index is 1.55. The fraction of sp³-hybridized carbons (Fsp3) is 0.478. The van der Waals surface area contributed by atoms with Crippen molar-refractivity contribution in [2.45, 2.75) is 49.5 Å². The maximum atomic E-state index is 13.7. The first-order valence-corrected chi connectivity index (χ1v) is 12.9. The van der Waals surface area contributed by atoms with Crippen molar-refractivity contribution < 1.29 is 18.3 Å². The van der Waals surface area contributed by atoms with Gasteiger partial charge in [0.1, 0.15) is 5.52 Å². The number of nitrogens with zero attached hydrogens (tertiary/aromatic N) is 2. The predicted molar refractivity (Wildman–Crippen MR) is 125 cm³/mol. The van der Waals surface area contributed by atoms with E-state index in [0.717, 1.165) is 32.5 Å². The highest BCUT2D eigenvalue weighted by atomic mass is 32.2. The van der Waals surface area contributed by atoms with Gasteiger partial charge in [0, 0.05) is 48.0 Å². The van der Waals surface area contributed by atoms with Gasteiger partial charge in [-0.1, -0.05) is 0 Å². The number of rotatable bonds is 7. The van der Waals surface area contributed by atoms with Gasteiger partial charge in [-0.2, -0.15) is 4.31 Å². The third-order valence-corrected chi connectivity index (χ3v) is 8.85. The highest BCUT2D eigenvalue weighted by molar-refractivity contribution is 7.89. The number of H-pyrrole nitrogens is 2. The van der Waals surface area contributed by atoms with E-state index in [4.69, 9.17) is 5.11 Å². The van der Waals surface area contributed by atoms with Crippen molar-refractivity contribution in [1.29, 1.82) is 0 Å². The van der Waals surface area contributed by atoms with Gasteiger partial charge in [-0.3, -0.25) is 9.59 Å². The van der Waals surface area contributed by atoms with E-state index in [0.29, 0.717) is 33.9 Å². The lowest BCUT2D eigenvalue weighted by Crippen LogP contribution is -2.42. The number of nitrogens with one attached hydrogen (secondary N) is 2. The molecule has 0 bridgehead atoms. The van der Waals surface area contributed by atoms with Crippen molar-refractivity contribution in [3.05, 3.63) is 40.3 Å². The van der Waals surface area contributed by atoms with Gasteiger partial charge in [0.2, 0.25) is 10.0 Å². The summed E-state index contributed by atoms with van der Waals surface area (Å²) in [6, 6.07) is 4.76. The van der Waals surface area contributed by atoms with Gasteiger partial charge in [0.15, 0.2) is 0 Å². The third kappa shape index (κ3) is 4.07. The lowest BCUT2D eigenvalue weighted by molar-refractivity contribution is -0.136. The van der Waals surface area contributed by atoms with Crippen molar-refractivity contribution in [2.24, 2.45) is 0 Å². The van der Waals surface area contributed by atoms with Crippen LogP contribution in [0.15, 0.2) is 34.1 Å². The molecule has 2 saturated heterocycles. The Morgan fingerprint density at radius 2 is 1.94 bits per heavy atom. The number of carboxylic acids is 1. The van der Waals surface area contributed by atoms with Crippen LogP contribution in [0.1, 0.15) is 37.7 Å². The van der Waals surface area contributed by atoms with Gasteiger partial charge in [0.05, 0.1) is 4.90 Å². The average Bonchev–Trinajstić information content (AvgIpc) is 3.54. The van der Waals surface area contributed by atoms with Crippen LogP contribution in [0.4, 0.5) is 0 Å². The topological polar surface area (TPSA) is 127 Å². The van der Waals surface area contributed by atoms with Crippen LogP contribution in [0.25, 0.3) is 21.8 Å². The van der Waals surface area contributed by atoms with E-state index in [2.05, 4.69) is 14.9 Å². The van der Waals surface area contributed by atoms with Crippen molar-refractivity contribution in [3.63, 3.8) is 0 Å². The molecule has 1 atom stereocenters. The molecule has 0 radical (unpaired) electrons. The quantitative estimate of drug-likeness (QED) is 0.484. The molecule has 0 saturated carbocycles. The zero-order valence-corrected chi connectivity index (χ0v) is 19.2. The maximum Gasteiger partial charge on any atom is 0.303 e. The summed E-state index contributed by atoms with van der Waals surface area (Å²) >= 11 is 0. The largest absolute Gasteiger partial charge is 0.481 e. The predicted octanol–water partition coefficient (Wildman–Crippen LogP) is 2.28. The molecule has 33 heavy (non-hydrogen) atoms. The zero-order valence-electron chi connectivity index (χ0n) is 18.3.